The zero-order valence-electron chi connectivity index (χ0n) is 3.03. The van der Waals surface area contributed by atoms with Crippen LogP contribution >= 0.6 is 0 Å². The Morgan fingerprint density at radius 3 is 2.50 bits per heavy atom. The molecule has 0 aromatic rings. The molecule has 0 spiro atoms. The number of nitrogens with zero attached hydrogens (tertiary/aromatic N) is 1. The minimum absolute atomic E-state index is 0.729. The Bertz CT molecular complexity index is 112. The SMILES string of the molecule is N#CC#CCF. The van der Waals surface area contributed by atoms with Crippen molar-refractivity contribution in [2.24, 2.45) is 0 Å². The van der Waals surface area contributed by atoms with Crippen molar-refractivity contribution in [2.45, 2.75) is 0 Å². The van der Waals surface area contributed by atoms with Crippen LogP contribution in [0.2, 0.25) is 0 Å². The zero-order chi connectivity index (χ0) is 4.83. The molecule has 0 atom stereocenters. The van der Waals surface area contributed by atoms with Gasteiger partial charge in [-0.15, -0.1) is 0 Å². The lowest BCUT2D eigenvalue weighted by molar-refractivity contribution is 0.573. The van der Waals surface area contributed by atoms with Crippen LogP contribution in [-0.2, 0) is 0 Å². The first-order chi connectivity index (χ1) is 2.91. The molecule has 0 heterocycles. The van der Waals surface area contributed by atoms with Gasteiger partial charge in [0.1, 0.15) is 0 Å². The van der Waals surface area contributed by atoms with E-state index in [1.54, 1.807) is 0 Å². The van der Waals surface area contributed by atoms with Gasteiger partial charge in [0.25, 0.3) is 0 Å². The molecule has 0 aliphatic rings. The second-order valence-corrected chi connectivity index (χ2v) is 0.547. The van der Waals surface area contributed by atoms with Gasteiger partial charge in [0.05, 0.1) is 0 Å². The summed E-state index contributed by atoms with van der Waals surface area (Å²) >= 11 is 0. The van der Waals surface area contributed by atoms with E-state index in [-0.39, 0.29) is 0 Å². The number of hydrogen-bond donors (Lipinski definition) is 0. The molecule has 0 unspecified atom stereocenters. The molecular weight excluding hydrogens is 81.0 g/mol. The van der Waals surface area contributed by atoms with Crippen LogP contribution in [0.25, 0.3) is 0 Å². The highest BCUT2D eigenvalue weighted by Crippen LogP contribution is 1.56. The van der Waals surface area contributed by atoms with E-state index in [1.807, 2.05) is 11.8 Å². The molecule has 0 saturated heterocycles. The normalized spacial score (nSPS) is 4.67. The van der Waals surface area contributed by atoms with Crippen molar-refractivity contribution >= 4 is 0 Å². The van der Waals surface area contributed by atoms with Crippen molar-refractivity contribution in [3.05, 3.63) is 0 Å². The Labute approximate surface area is 35.4 Å². The third kappa shape index (κ3) is 2.98. The number of hydrogen-bond acceptors (Lipinski definition) is 1. The van der Waals surface area contributed by atoms with Crippen LogP contribution in [-0.4, -0.2) is 6.67 Å². The molecule has 0 N–H and O–H groups in total. The third-order valence-corrected chi connectivity index (χ3v) is 0.211. The van der Waals surface area contributed by atoms with Gasteiger partial charge in [-0.2, -0.15) is 5.26 Å². The molecule has 0 aromatic carbocycles. The van der Waals surface area contributed by atoms with Crippen molar-refractivity contribution in [2.75, 3.05) is 6.67 Å². The average Bonchev–Trinajstić information content (AvgIpc) is 1.61. The molecule has 0 bridgehead atoms. The van der Waals surface area contributed by atoms with Gasteiger partial charge in [-0.1, -0.05) is 5.92 Å². The summed E-state index contributed by atoms with van der Waals surface area (Å²) in [6.07, 6.45) is 0. The molecule has 0 radical (unpaired) electrons. The number of rotatable bonds is 0. The molecule has 0 aromatic heterocycles. The van der Waals surface area contributed by atoms with E-state index < -0.39 is 6.67 Å². The zero-order valence-corrected chi connectivity index (χ0v) is 3.03. The lowest BCUT2D eigenvalue weighted by Gasteiger charge is -1.53. The summed E-state index contributed by atoms with van der Waals surface area (Å²) in [6, 6.07) is 1.47. The minimum Gasteiger partial charge on any atom is -0.237 e. The average molecular weight is 83.1 g/mol. The lowest BCUT2D eigenvalue weighted by Crippen LogP contribution is -1.56. The molecule has 0 aliphatic carbocycles. The van der Waals surface area contributed by atoms with Gasteiger partial charge < -0.3 is 0 Å². The molecule has 1 nitrogen and oxygen atoms in total. The van der Waals surface area contributed by atoms with Crippen LogP contribution in [0.4, 0.5) is 4.39 Å². The highest BCUT2D eigenvalue weighted by atomic mass is 19.1. The van der Waals surface area contributed by atoms with Gasteiger partial charge in [0.2, 0.25) is 0 Å². The summed E-state index contributed by atoms with van der Waals surface area (Å²) in [5, 5.41) is 7.61. The van der Waals surface area contributed by atoms with Crippen molar-refractivity contribution in [3.63, 3.8) is 0 Å². The summed E-state index contributed by atoms with van der Waals surface area (Å²) in [6.45, 7) is -0.729. The molecule has 2 heteroatoms. The van der Waals surface area contributed by atoms with E-state index >= 15 is 0 Å². The second-order valence-electron chi connectivity index (χ2n) is 0.547. The van der Waals surface area contributed by atoms with Crippen molar-refractivity contribution in [1.29, 1.82) is 5.26 Å². The maximum absolute atomic E-state index is 10.9. The van der Waals surface area contributed by atoms with Gasteiger partial charge >= 0.3 is 0 Å². The van der Waals surface area contributed by atoms with E-state index in [4.69, 9.17) is 5.26 Å². The van der Waals surface area contributed by atoms with Crippen LogP contribution in [0.3, 0.4) is 0 Å². The third-order valence-electron chi connectivity index (χ3n) is 0.211. The van der Waals surface area contributed by atoms with E-state index in [9.17, 15) is 4.39 Å². The Morgan fingerprint density at radius 1 is 1.67 bits per heavy atom. The van der Waals surface area contributed by atoms with Gasteiger partial charge in [0.15, 0.2) is 12.7 Å². The number of halogens is 1. The van der Waals surface area contributed by atoms with Gasteiger partial charge in [0, 0.05) is 5.92 Å². The molecule has 0 saturated carbocycles. The molecule has 0 aliphatic heterocycles. The first-order valence-corrected chi connectivity index (χ1v) is 1.34. The molecule has 0 rings (SSSR count). The molecule has 6 heavy (non-hydrogen) atoms. The van der Waals surface area contributed by atoms with Crippen molar-refractivity contribution < 1.29 is 4.39 Å². The Morgan fingerprint density at radius 2 is 2.33 bits per heavy atom. The molecule has 0 amide bonds. The summed E-state index contributed by atoms with van der Waals surface area (Å²) in [4.78, 5) is 0. The largest absolute Gasteiger partial charge is 0.237 e. The first-order valence-electron chi connectivity index (χ1n) is 1.34. The summed E-state index contributed by atoms with van der Waals surface area (Å²) in [5.41, 5.74) is 0. The first kappa shape index (κ1) is 4.98. The molecular formula is C4H2FN. The van der Waals surface area contributed by atoms with E-state index in [2.05, 4.69) is 0 Å². The smallest absolute Gasteiger partial charge is 0.152 e. The predicted octanol–water partition coefficient (Wildman–Crippen LogP) is 0.483. The van der Waals surface area contributed by atoms with E-state index in [1.165, 1.54) is 6.07 Å². The molecule has 30 valence electrons. The van der Waals surface area contributed by atoms with E-state index in [0.29, 0.717) is 0 Å². The predicted molar refractivity (Wildman–Crippen MR) is 19.4 cm³/mol. The van der Waals surface area contributed by atoms with Crippen molar-refractivity contribution in [3.8, 4) is 17.9 Å². The van der Waals surface area contributed by atoms with Crippen LogP contribution in [0.5, 0.6) is 0 Å². The topological polar surface area (TPSA) is 23.8 Å². The Kier molecular flexibility index (Phi) is 3.30. The monoisotopic (exact) mass is 83.0 g/mol. The highest BCUT2D eigenvalue weighted by Gasteiger charge is 1.57. The van der Waals surface area contributed by atoms with Gasteiger partial charge in [-0.3, -0.25) is 0 Å². The lowest BCUT2D eigenvalue weighted by atomic mass is 10.6. The fraction of sp³-hybridized carbons (Fsp3) is 0.250. The second kappa shape index (κ2) is 3.98. The quantitative estimate of drug-likeness (QED) is 0.391. The van der Waals surface area contributed by atoms with Gasteiger partial charge in [-0.25, -0.2) is 4.39 Å². The number of alkyl halides is 1. The maximum Gasteiger partial charge on any atom is 0.152 e. The van der Waals surface area contributed by atoms with Crippen molar-refractivity contribution in [1.82, 2.24) is 0 Å². The van der Waals surface area contributed by atoms with Crippen LogP contribution < -0.4 is 0 Å². The highest BCUT2D eigenvalue weighted by molar-refractivity contribution is 5.16. The summed E-state index contributed by atoms with van der Waals surface area (Å²) in [5.74, 6) is 3.80. The number of nitriles is 1. The molecule has 0 fully saturated rings. The Balaban J connectivity index is 3.22. The maximum atomic E-state index is 10.9. The standard InChI is InChI=1S/C4H2FN/c5-3-1-2-4-6/h3H2. The van der Waals surface area contributed by atoms with Gasteiger partial charge in [-0.05, 0) is 0 Å². The fourth-order valence-corrected chi connectivity index (χ4v) is 0.0729. The van der Waals surface area contributed by atoms with Crippen LogP contribution in [0, 0.1) is 23.2 Å². The fourth-order valence-electron chi connectivity index (χ4n) is 0.0729. The van der Waals surface area contributed by atoms with Crippen LogP contribution in [0.15, 0.2) is 0 Å². The minimum atomic E-state index is -0.729. The Hall–Kier alpha value is -1.02. The van der Waals surface area contributed by atoms with Crippen LogP contribution in [0.1, 0.15) is 0 Å². The van der Waals surface area contributed by atoms with E-state index in [0.717, 1.165) is 0 Å². The summed E-state index contributed by atoms with van der Waals surface area (Å²) < 4.78 is 10.9. The summed E-state index contributed by atoms with van der Waals surface area (Å²) in [7, 11) is 0.